The Hall–Kier alpha value is -1.16. The molecule has 4 nitrogen and oxygen atoms in total. The van der Waals surface area contributed by atoms with Crippen LogP contribution in [0.5, 0.6) is 0 Å². The van der Waals surface area contributed by atoms with E-state index in [4.69, 9.17) is 0 Å². The highest BCUT2D eigenvalue weighted by Crippen LogP contribution is 2.33. The maximum Gasteiger partial charge on any atom is 0.225 e. The van der Waals surface area contributed by atoms with E-state index in [2.05, 4.69) is 26.8 Å². The third kappa shape index (κ3) is 1.40. The number of aromatic nitrogens is 2. The number of anilines is 1. The van der Waals surface area contributed by atoms with Gasteiger partial charge in [0.1, 0.15) is 0 Å². The van der Waals surface area contributed by atoms with E-state index in [1.165, 1.54) is 6.54 Å². The summed E-state index contributed by atoms with van der Waals surface area (Å²) in [6.45, 7) is 5.53. The average Bonchev–Trinajstić information content (AvgIpc) is 2.49. The summed E-state index contributed by atoms with van der Waals surface area (Å²) < 4.78 is 0. The first kappa shape index (κ1) is 9.09. The first-order chi connectivity index (χ1) is 7.24. The highest BCUT2D eigenvalue weighted by Gasteiger charge is 2.45. The van der Waals surface area contributed by atoms with Gasteiger partial charge in [-0.15, -0.1) is 0 Å². The van der Waals surface area contributed by atoms with Crippen LogP contribution >= 0.6 is 0 Å². The molecular formula is C11H16N4. The lowest BCUT2D eigenvalue weighted by molar-refractivity contribution is 0.355. The normalized spacial score (nSPS) is 30.1. The highest BCUT2D eigenvalue weighted by molar-refractivity contribution is 5.38. The fourth-order valence-corrected chi connectivity index (χ4v) is 2.61. The van der Waals surface area contributed by atoms with Gasteiger partial charge in [0.2, 0.25) is 5.95 Å². The number of likely N-dealkylation sites (tertiary alicyclic amines) is 1. The second-order valence-electron chi connectivity index (χ2n) is 4.76. The van der Waals surface area contributed by atoms with Crippen LogP contribution < -0.4 is 4.90 Å². The van der Waals surface area contributed by atoms with E-state index in [-0.39, 0.29) is 0 Å². The molecule has 4 heteroatoms. The van der Waals surface area contributed by atoms with Crippen molar-refractivity contribution in [2.75, 3.05) is 31.6 Å². The molecule has 2 aliphatic rings. The van der Waals surface area contributed by atoms with Crippen LogP contribution in [0.2, 0.25) is 0 Å². The van der Waals surface area contributed by atoms with Gasteiger partial charge in [0.15, 0.2) is 0 Å². The summed E-state index contributed by atoms with van der Waals surface area (Å²) in [5.74, 6) is 1.73. The lowest BCUT2D eigenvalue weighted by Gasteiger charge is -2.43. The van der Waals surface area contributed by atoms with E-state index in [1.807, 2.05) is 19.3 Å². The van der Waals surface area contributed by atoms with Gasteiger partial charge >= 0.3 is 0 Å². The van der Waals surface area contributed by atoms with Crippen LogP contribution in [0.3, 0.4) is 0 Å². The predicted octanol–water partition coefficient (Wildman–Crippen LogP) is 0.535. The number of likely N-dealkylation sites (N-methyl/N-ethyl adjacent to an activating group) is 1. The first-order valence-electron chi connectivity index (χ1n) is 5.48. The van der Waals surface area contributed by atoms with Crippen LogP contribution in [0, 0.1) is 12.8 Å². The summed E-state index contributed by atoms with van der Waals surface area (Å²) >= 11 is 0. The van der Waals surface area contributed by atoms with Crippen molar-refractivity contribution in [3.8, 4) is 0 Å². The Morgan fingerprint density at radius 1 is 1.20 bits per heavy atom. The third-order valence-corrected chi connectivity index (χ3v) is 3.44. The molecule has 0 bridgehead atoms. The van der Waals surface area contributed by atoms with E-state index < -0.39 is 0 Å². The van der Waals surface area contributed by atoms with Crippen LogP contribution in [0.15, 0.2) is 12.4 Å². The first-order valence-corrected chi connectivity index (χ1v) is 5.48. The molecule has 2 saturated heterocycles. The monoisotopic (exact) mass is 204 g/mol. The molecule has 2 atom stereocenters. The number of hydrogen-bond acceptors (Lipinski definition) is 4. The molecular weight excluding hydrogens is 188 g/mol. The van der Waals surface area contributed by atoms with Gasteiger partial charge in [-0.3, -0.25) is 0 Å². The minimum absolute atomic E-state index is 0.651. The number of nitrogens with zero attached hydrogens (tertiary/aromatic N) is 4. The maximum atomic E-state index is 4.38. The Labute approximate surface area is 89.9 Å². The molecule has 2 aliphatic heterocycles. The quantitative estimate of drug-likeness (QED) is 0.668. The van der Waals surface area contributed by atoms with Crippen LogP contribution in [-0.2, 0) is 0 Å². The molecule has 3 heterocycles. The Morgan fingerprint density at radius 3 is 2.60 bits per heavy atom. The second kappa shape index (κ2) is 3.17. The van der Waals surface area contributed by atoms with Crippen molar-refractivity contribution >= 4 is 5.95 Å². The Bertz CT molecular complexity index is 361. The molecule has 0 unspecified atom stereocenters. The summed E-state index contributed by atoms with van der Waals surface area (Å²) in [6, 6.07) is 0.651. The van der Waals surface area contributed by atoms with Gasteiger partial charge in [-0.2, -0.15) is 0 Å². The lowest BCUT2D eigenvalue weighted by atomic mass is 9.93. The zero-order valence-electron chi connectivity index (χ0n) is 9.22. The van der Waals surface area contributed by atoms with Gasteiger partial charge in [-0.25, -0.2) is 9.97 Å². The van der Waals surface area contributed by atoms with E-state index in [1.54, 1.807) is 0 Å². The molecule has 2 fully saturated rings. The zero-order valence-corrected chi connectivity index (χ0v) is 9.22. The minimum Gasteiger partial charge on any atom is -0.336 e. The molecule has 1 aromatic heterocycles. The third-order valence-electron chi connectivity index (χ3n) is 3.44. The summed E-state index contributed by atoms with van der Waals surface area (Å²) in [5.41, 5.74) is 1.12. The topological polar surface area (TPSA) is 32.3 Å². The number of hydrogen-bond donors (Lipinski definition) is 0. The molecule has 80 valence electrons. The van der Waals surface area contributed by atoms with Crippen molar-refractivity contribution in [3.05, 3.63) is 18.0 Å². The molecule has 3 rings (SSSR count). The minimum atomic E-state index is 0.651. The molecule has 0 saturated carbocycles. The Kier molecular flexibility index (Phi) is 1.92. The van der Waals surface area contributed by atoms with Crippen molar-refractivity contribution in [2.45, 2.75) is 13.0 Å². The molecule has 15 heavy (non-hydrogen) atoms. The molecule has 0 radical (unpaired) electrons. The molecule has 1 aromatic rings. The van der Waals surface area contributed by atoms with Crippen molar-refractivity contribution in [3.63, 3.8) is 0 Å². The fourth-order valence-electron chi connectivity index (χ4n) is 2.61. The smallest absolute Gasteiger partial charge is 0.225 e. The number of fused-ring (bicyclic) bond motifs is 1. The van der Waals surface area contributed by atoms with Gasteiger partial charge in [0, 0.05) is 37.9 Å². The fraction of sp³-hybridized carbons (Fsp3) is 0.636. The lowest BCUT2D eigenvalue weighted by Crippen LogP contribution is -2.56. The van der Waals surface area contributed by atoms with Crippen molar-refractivity contribution < 1.29 is 0 Å². The van der Waals surface area contributed by atoms with E-state index in [0.717, 1.165) is 30.5 Å². The number of rotatable bonds is 1. The Morgan fingerprint density at radius 2 is 1.93 bits per heavy atom. The highest BCUT2D eigenvalue weighted by atomic mass is 15.4. The molecule has 0 amide bonds. The summed E-state index contributed by atoms with van der Waals surface area (Å²) in [6.07, 6.45) is 3.79. The molecule has 0 spiro atoms. The van der Waals surface area contributed by atoms with Gasteiger partial charge in [-0.05, 0) is 19.5 Å². The summed E-state index contributed by atoms with van der Waals surface area (Å²) in [4.78, 5) is 13.5. The predicted molar refractivity (Wildman–Crippen MR) is 58.9 cm³/mol. The standard InChI is InChI=1S/C11H16N4/c1-8-3-12-11(13-4-8)15-6-9-5-14(2)7-10(9)15/h3-4,9-10H,5-7H2,1-2H3/t9-,10-/m0/s1. The van der Waals surface area contributed by atoms with Crippen LogP contribution in [0.1, 0.15) is 5.56 Å². The van der Waals surface area contributed by atoms with Crippen molar-refractivity contribution in [1.29, 1.82) is 0 Å². The second-order valence-corrected chi connectivity index (χ2v) is 4.76. The van der Waals surface area contributed by atoms with E-state index in [0.29, 0.717) is 6.04 Å². The van der Waals surface area contributed by atoms with E-state index in [9.17, 15) is 0 Å². The van der Waals surface area contributed by atoms with Crippen LogP contribution in [0.4, 0.5) is 5.95 Å². The molecule has 0 N–H and O–H groups in total. The van der Waals surface area contributed by atoms with E-state index >= 15 is 0 Å². The molecule has 0 aliphatic carbocycles. The zero-order chi connectivity index (χ0) is 10.4. The van der Waals surface area contributed by atoms with Crippen molar-refractivity contribution in [2.24, 2.45) is 5.92 Å². The van der Waals surface area contributed by atoms with Crippen LogP contribution in [-0.4, -0.2) is 47.6 Å². The molecule has 0 aromatic carbocycles. The Balaban J connectivity index is 1.77. The van der Waals surface area contributed by atoms with Gasteiger partial charge in [0.05, 0.1) is 6.04 Å². The summed E-state index contributed by atoms with van der Waals surface area (Å²) in [7, 11) is 2.19. The SMILES string of the molecule is Cc1cnc(N2C[C@@H]3CN(C)C[C@@H]32)nc1. The van der Waals surface area contributed by atoms with Gasteiger partial charge < -0.3 is 9.80 Å². The summed E-state index contributed by atoms with van der Waals surface area (Å²) in [5, 5.41) is 0. The maximum absolute atomic E-state index is 4.38. The van der Waals surface area contributed by atoms with Gasteiger partial charge in [-0.1, -0.05) is 0 Å². The largest absolute Gasteiger partial charge is 0.336 e. The van der Waals surface area contributed by atoms with Crippen LogP contribution in [0.25, 0.3) is 0 Å². The van der Waals surface area contributed by atoms with Crippen molar-refractivity contribution in [1.82, 2.24) is 14.9 Å². The van der Waals surface area contributed by atoms with Gasteiger partial charge in [0.25, 0.3) is 0 Å². The average molecular weight is 204 g/mol. The number of aryl methyl sites for hydroxylation is 1.